The number of nitrogens with zero attached hydrogens (tertiary/aromatic N) is 3. The monoisotopic (exact) mass is 555 g/mol. The van der Waals surface area contributed by atoms with Crippen LogP contribution in [0.15, 0.2) is 53.7 Å². The molecule has 1 atom stereocenters. The average molecular weight is 556 g/mol. The maximum Gasteiger partial charge on any atom is 0.493 e. The molecule has 2 aliphatic rings. The van der Waals surface area contributed by atoms with Crippen LogP contribution in [0.2, 0.25) is 0 Å². The number of benzene rings is 1. The van der Waals surface area contributed by atoms with Crippen LogP contribution in [0.4, 0.5) is 13.2 Å². The van der Waals surface area contributed by atoms with Gasteiger partial charge in [0.15, 0.2) is 5.75 Å². The average Bonchev–Trinajstić information content (AvgIpc) is 2.92. The zero-order valence-corrected chi connectivity index (χ0v) is 21.3. The van der Waals surface area contributed by atoms with E-state index < -0.39 is 40.0 Å². The highest BCUT2D eigenvalue weighted by Gasteiger charge is 2.46. The van der Waals surface area contributed by atoms with E-state index in [4.69, 9.17) is 4.74 Å². The molecule has 38 heavy (non-hydrogen) atoms. The number of piperidine rings is 1. The molecule has 0 bridgehead atoms. The highest BCUT2D eigenvalue weighted by molar-refractivity contribution is 7.89. The van der Waals surface area contributed by atoms with Gasteiger partial charge in [-0.1, -0.05) is 37.5 Å². The fourth-order valence-corrected chi connectivity index (χ4v) is 6.28. The molecule has 9 nitrogen and oxygen atoms in total. The fourth-order valence-electron chi connectivity index (χ4n) is 4.70. The molecule has 2 fully saturated rings. The van der Waals surface area contributed by atoms with Gasteiger partial charge in [-0.2, -0.15) is 22.5 Å². The molecular weight excluding hydrogens is 527 g/mol. The predicted molar refractivity (Wildman–Crippen MR) is 128 cm³/mol. The van der Waals surface area contributed by atoms with Crippen molar-refractivity contribution in [3.63, 3.8) is 0 Å². The Morgan fingerprint density at radius 3 is 2.39 bits per heavy atom. The lowest BCUT2D eigenvalue weighted by Gasteiger charge is -2.37. The first kappa shape index (κ1) is 27.8. The number of ether oxygens (including phenoxy) is 1. The van der Waals surface area contributed by atoms with Crippen LogP contribution in [0, 0.1) is 5.92 Å². The number of alkyl halides is 3. The number of carbonyl (C=O) groups is 2. The summed E-state index contributed by atoms with van der Waals surface area (Å²) < 4.78 is 72.9. The van der Waals surface area contributed by atoms with Gasteiger partial charge in [-0.05, 0) is 37.8 Å². The molecule has 0 unspecified atom stereocenters. The molecular formula is C25H28F3N3O6S. The maximum absolute atomic E-state index is 13.6. The highest BCUT2D eigenvalue weighted by Crippen LogP contribution is 2.33. The zero-order valence-electron chi connectivity index (χ0n) is 20.5. The molecule has 1 saturated carbocycles. The standard InChI is InChI=1S/C25H28F3N3O6S/c26-25(27,28)24(33)37-31(19-9-3-1-4-10-19)23(32)18-8-7-15-30(17-18)38(34,35)22-16-29-14-13-21(22)36-20-11-5-2-6-12-20/h2,5-6,11-14,16,18-19H,1,3-4,7-10,15,17H2/t18-/m0/s1. The summed E-state index contributed by atoms with van der Waals surface area (Å²) in [4.78, 5) is 33.3. The molecule has 1 saturated heterocycles. The quantitative estimate of drug-likeness (QED) is 0.485. The first-order valence-corrected chi connectivity index (χ1v) is 13.8. The van der Waals surface area contributed by atoms with E-state index in [2.05, 4.69) is 9.82 Å². The van der Waals surface area contributed by atoms with Crippen LogP contribution in [0.3, 0.4) is 0 Å². The van der Waals surface area contributed by atoms with Crippen molar-refractivity contribution in [2.24, 2.45) is 5.92 Å². The van der Waals surface area contributed by atoms with Gasteiger partial charge in [-0.15, -0.1) is 0 Å². The van der Waals surface area contributed by atoms with E-state index in [0.717, 1.165) is 16.9 Å². The summed E-state index contributed by atoms with van der Waals surface area (Å²) in [5.41, 5.74) is 0. The van der Waals surface area contributed by atoms with Crippen LogP contribution < -0.4 is 4.74 Å². The summed E-state index contributed by atoms with van der Waals surface area (Å²) in [6.45, 7) is -0.189. The minimum atomic E-state index is -5.27. The van der Waals surface area contributed by atoms with Crippen molar-refractivity contribution in [1.29, 1.82) is 0 Å². The predicted octanol–water partition coefficient (Wildman–Crippen LogP) is 4.46. The number of pyridine rings is 1. The normalized spacial score (nSPS) is 19.5. The van der Waals surface area contributed by atoms with Gasteiger partial charge in [-0.3, -0.25) is 9.78 Å². The maximum atomic E-state index is 13.6. The van der Waals surface area contributed by atoms with Crippen LogP contribution in [0.5, 0.6) is 11.5 Å². The van der Waals surface area contributed by atoms with Gasteiger partial charge in [-0.25, -0.2) is 13.2 Å². The summed E-state index contributed by atoms with van der Waals surface area (Å²) >= 11 is 0. The Labute approximate surface area is 218 Å². The Bertz CT molecular complexity index is 1240. The molecule has 2 aromatic rings. The van der Waals surface area contributed by atoms with E-state index >= 15 is 0 Å². The second kappa shape index (κ2) is 11.7. The minimum Gasteiger partial charge on any atom is -0.456 e. The Morgan fingerprint density at radius 1 is 1.00 bits per heavy atom. The number of hydroxylamine groups is 2. The summed E-state index contributed by atoms with van der Waals surface area (Å²) in [5, 5.41) is 0.545. The van der Waals surface area contributed by atoms with Gasteiger partial charge >= 0.3 is 12.1 Å². The Kier molecular flexibility index (Phi) is 8.56. The lowest BCUT2D eigenvalue weighted by Crippen LogP contribution is -2.51. The van der Waals surface area contributed by atoms with Crippen molar-refractivity contribution in [3.8, 4) is 11.5 Å². The molecule has 1 aliphatic heterocycles. The molecule has 0 radical (unpaired) electrons. The number of carbonyl (C=O) groups excluding carboxylic acids is 2. The molecule has 13 heteroatoms. The third-order valence-corrected chi connectivity index (χ3v) is 8.48. The Balaban J connectivity index is 1.55. The van der Waals surface area contributed by atoms with E-state index in [9.17, 15) is 31.2 Å². The van der Waals surface area contributed by atoms with E-state index in [1.54, 1.807) is 30.3 Å². The number of rotatable bonds is 6. The second-order valence-electron chi connectivity index (χ2n) is 9.27. The van der Waals surface area contributed by atoms with Crippen molar-refractivity contribution in [2.75, 3.05) is 13.1 Å². The van der Waals surface area contributed by atoms with Crippen molar-refractivity contribution >= 4 is 21.9 Å². The smallest absolute Gasteiger partial charge is 0.456 e. The molecule has 1 aromatic heterocycles. The lowest BCUT2D eigenvalue weighted by molar-refractivity contribution is -0.246. The minimum absolute atomic E-state index is 0.0441. The number of sulfonamides is 1. The highest BCUT2D eigenvalue weighted by atomic mass is 32.2. The van der Waals surface area contributed by atoms with Crippen LogP contribution in [-0.2, 0) is 24.4 Å². The van der Waals surface area contributed by atoms with Gasteiger partial charge < -0.3 is 9.57 Å². The van der Waals surface area contributed by atoms with Crippen molar-refractivity contribution in [2.45, 2.75) is 62.1 Å². The first-order chi connectivity index (χ1) is 18.1. The molecule has 206 valence electrons. The SMILES string of the molecule is O=C([C@H]1CCCN(S(=O)(=O)c2cnccc2Oc2ccccc2)C1)N(OC(=O)C(F)(F)F)C1CCCCC1. The van der Waals surface area contributed by atoms with Gasteiger partial charge in [0.2, 0.25) is 10.0 Å². The summed E-state index contributed by atoms with van der Waals surface area (Å²) in [5.74, 6) is -3.84. The van der Waals surface area contributed by atoms with Gasteiger partial charge in [0, 0.05) is 25.4 Å². The third kappa shape index (κ3) is 6.44. The second-order valence-corrected chi connectivity index (χ2v) is 11.2. The van der Waals surface area contributed by atoms with Crippen LogP contribution >= 0.6 is 0 Å². The molecule has 0 N–H and O–H groups in total. The molecule has 2 heterocycles. The number of hydrogen-bond donors (Lipinski definition) is 0. The number of amides is 1. The van der Waals surface area contributed by atoms with E-state index in [0.29, 0.717) is 36.5 Å². The lowest BCUT2D eigenvalue weighted by atomic mass is 9.93. The number of para-hydroxylation sites is 1. The van der Waals surface area contributed by atoms with Crippen LogP contribution in [-0.4, -0.2) is 60.0 Å². The largest absolute Gasteiger partial charge is 0.493 e. The van der Waals surface area contributed by atoms with Crippen molar-refractivity contribution in [1.82, 2.24) is 14.4 Å². The van der Waals surface area contributed by atoms with E-state index in [1.165, 1.54) is 12.3 Å². The van der Waals surface area contributed by atoms with E-state index in [1.807, 2.05) is 0 Å². The number of halogens is 3. The summed E-state index contributed by atoms with van der Waals surface area (Å²) in [6.07, 6.45) is 0.778. The van der Waals surface area contributed by atoms with Crippen LogP contribution in [0.1, 0.15) is 44.9 Å². The third-order valence-electron chi connectivity index (χ3n) is 6.61. The Morgan fingerprint density at radius 2 is 1.71 bits per heavy atom. The van der Waals surface area contributed by atoms with Gasteiger partial charge in [0.25, 0.3) is 5.91 Å². The molecule has 1 aliphatic carbocycles. The Hall–Kier alpha value is -3.19. The number of hydrogen-bond acceptors (Lipinski definition) is 7. The molecule has 0 spiro atoms. The van der Waals surface area contributed by atoms with Gasteiger partial charge in [0.1, 0.15) is 10.6 Å². The first-order valence-electron chi connectivity index (χ1n) is 12.4. The molecule has 4 rings (SSSR count). The molecule has 1 aromatic carbocycles. The summed E-state index contributed by atoms with van der Waals surface area (Å²) in [7, 11) is -4.19. The molecule has 1 amide bonds. The zero-order chi connectivity index (χ0) is 27.3. The van der Waals surface area contributed by atoms with E-state index in [-0.39, 0.29) is 36.6 Å². The van der Waals surface area contributed by atoms with Crippen molar-refractivity contribution in [3.05, 3.63) is 48.8 Å². The topological polar surface area (TPSA) is 106 Å². The number of aromatic nitrogens is 1. The fraction of sp³-hybridized carbons (Fsp3) is 0.480. The van der Waals surface area contributed by atoms with Crippen LogP contribution in [0.25, 0.3) is 0 Å². The summed E-state index contributed by atoms with van der Waals surface area (Å²) in [6, 6.07) is 9.28. The van der Waals surface area contributed by atoms with Crippen molar-refractivity contribution < 1.29 is 40.8 Å². The van der Waals surface area contributed by atoms with Gasteiger partial charge in [0.05, 0.1) is 18.2 Å².